The molecule has 0 radical (unpaired) electrons. The minimum atomic E-state index is -0.318. The van der Waals surface area contributed by atoms with Crippen molar-refractivity contribution in [2.45, 2.75) is 88.7 Å². The summed E-state index contributed by atoms with van der Waals surface area (Å²) in [6, 6.07) is 19.5. The molecule has 3 unspecified atom stereocenters. The molecule has 3 atom stereocenters. The highest BCUT2D eigenvalue weighted by Gasteiger charge is 2.59. The number of hydrogen-bond donors (Lipinski definition) is 0. The zero-order chi connectivity index (χ0) is 29.3. The van der Waals surface area contributed by atoms with E-state index < -0.39 is 0 Å². The minimum Gasteiger partial charge on any atom is -0.497 e. The molecule has 1 amide bonds. The molecule has 1 saturated heterocycles. The van der Waals surface area contributed by atoms with Crippen LogP contribution in [0.15, 0.2) is 67.3 Å². The summed E-state index contributed by atoms with van der Waals surface area (Å²) in [6.07, 6.45) is 10.7. The molecule has 41 heavy (non-hydrogen) atoms. The average Bonchev–Trinajstić information content (AvgIpc) is 3.00. The zero-order valence-corrected chi connectivity index (χ0v) is 25.9. The molecule has 0 N–H and O–H groups in total. The number of nitrogens with zero attached hydrogens (tertiary/aromatic N) is 2. The lowest BCUT2D eigenvalue weighted by Gasteiger charge is -2.60. The van der Waals surface area contributed by atoms with Crippen molar-refractivity contribution in [3.8, 4) is 5.75 Å². The van der Waals surface area contributed by atoms with Crippen LogP contribution in [0.4, 0.5) is 0 Å². The van der Waals surface area contributed by atoms with Crippen LogP contribution in [-0.4, -0.2) is 67.7 Å². The summed E-state index contributed by atoms with van der Waals surface area (Å²) in [5, 5.41) is 0. The van der Waals surface area contributed by atoms with E-state index in [0.29, 0.717) is 18.2 Å². The Morgan fingerprint density at radius 3 is 2.61 bits per heavy atom. The van der Waals surface area contributed by atoms with Crippen molar-refractivity contribution in [1.29, 1.82) is 0 Å². The van der Waals surface area contributed by atoms with Gasteiger partial charge in [0.2, 0.25) is 5.91 Å². The van der Waals surface area contributed by atoms with Gasteiger partial charge in [0.1, 0.15) is 5.75 Å². The third-order valence-electron chi connectivity index (χ3n) is 9.59. The third kappa shape index (κ3) is 7.24. The molecule has 1 saturated carbocycles. The molecule has 2 aromatic carbocycles. The Morgan fingerprint density at radius 2 is 1.90 bits per heavy atom. The normalized spacial score (nSPS) is 24.6. The highest BCUT2D eigenvalue weighted by molar-refractivity contribution is 5.76. The largest absolute Gasteiger partial charge is 0.497 e. The number of rotatable bonds is 14. The van der Waals surface area contributed by atoms with Crippen LogP contribution in [0.3, 0.4) is 0 Å². The number of hydrogen-bond acceptors (Lipinski definition) is 4. The molecule has 2 fully saturated rings. The van der Waals surface area contributed by atoms with Crippen molar-refractivity contribution in [3.05, 3.63) is 78.4 Å². The second kappa shape index (κ2) is 14.5. The van der Waals surface area contributed by atoms with E-state index in [1.165, 1.54) is 11.1 Å². The van der Waals surface area contributed by atoms with Gasteiger partial charge in [-0.1, -0.05) is 68.8 Å². The Morgan fingerprint density at radius 1 is 1.10 bits per heavy atom. The van der Waals surface area contributed by atoms with E-state index in [1.54, 1.807) is 7.11 Å². The number of aryl methyl sites for hydroxylation is 1. The van der Waals surface area contributed by atoms with Crippen LogP contribution in [-0.2, 0) is 21.4 Å². The molecule has 0 bridgehead atoms. The van der Waals surface area contributed by atoms with E-state index in [9.17, 15) is 4.79 Å². The molecular weight excluding hydrogens is 508 g/mol. The van der Waals surface area contributed by atoms with Gasteiger partial charge in [-0.15, -0.1) is 6.58 Å². The van der Waals surface area contributed by atoms with Gasteiger partial charge < -0.3 is 14.4 Å². The molecule has 1 aliphatic carbocycles. The van der Waals surface area contributed by atoms with Gasteiger partial charge >= 0.3 is 0 Å². The third-order valence-corrected chi connectivity index (χ3v) is 9.59. The summed E-state index contributed by atoms with van der Waals surface area (Å²) in [5.41, 5.74) is 2.15. The number of carbonyl (C=O) groups is 1. The number of carbonyl (C=O) groups excluding carboxylic acids is 1. The number of likely N-dealkylation sites (tertiary alicyclic amines) is 1. The number of amides is 1. The van der Waals surface area contributed by atoms with Crippen molar-refractivity contribution < 1.29 is 14.3 Å². The summed E-state index contributed by atoms with van der Waals surface area (Å²) in [5.74, 6) is 1.62. The highest BCUT2D eigenvalue weighted by Crippen LogP contribution is 2.54. The number of fused-ring (bicyclic) bond motifs is 1. The Bertz CT molecular complexity index is 1120. The van der Waals surface area contributed by atoms with Crippen molar-refractivity contribution in [1.82, 2.24) is 9.80 Å². The van der Waals surface area contributed by atoms with E-state index in [1.807, 2.05) is 19.3 Å². The number of piperidine rings is 1. The van der Waals surface area contributed by atoms with Crippen LogP contribution >= 0.6 is 0 Å². The maximum atomic E-state index is 13.9. The predicted octanol–water partition coefficient (Wildman–Crippen LogP) is 7.05. The lowest BCUT2D eigenvalue weighted by atomic mass is 9.55. The zero-order valence-electron chi connectivity index (χ0n) is 25.9. The predicted molar refractivity (Wildman–Crippen MR) is 168 cm³/mol. The Kier molecular flexibility index (Phi) is 11.1. The summed E-state index contributed by atoms with van der Waals surface area (Å²) in [4.78, 5) is 18.6. The summed E-state index contributed by atoms with van der Waals surface area (Å²) in [6.45, 7) is 12.0. The van der Waals surface area contributed by atoms with Crippen molar-refractivity contribution in [2.75, 3.05) is 40.4 Å². The lowest BCUT2D eigenvalue weighted by molar-refractivity contribution is -0.161. The van der Waals surface area contributed by atoms with Crippen LogP contribution < -0.4 is 4.74 Å². The monoisotopic (exact) mass is 560 g/mol. The second-order valence-electron chi connectivity index (χ2n) is 12.7. The quantitative estimate of drug-likeness (QED) is 0.183. The fourth-order valence-electron chi connectivity index (χ4n) is 7.51. The van der Waals surface area contributed by atoms with Gasteiger partial charge in [0.25, 0.3) is 0 Å². The van der Waals surface area contributed by atoms with E-state index in [0.717, 1.165) is 83.3 Å². The molecule has 4 rings (SSSR count). The van der Waals surface area contributed by atoms with Gasteiger partial charge in [-0.2, -0.15) is 0 Å². The molecule has 0 spiro atoms. The maximum Gasteiger partial charge on any atom is 0.222 e. The standard InChI is InChI=1S/C36H52N2O3/c1-6-23-37-24-22-35(31-17-13-18-33(25-31)40-4)26-32(20-21-36(35,28-37)41-5)38(27-29(2)3)34(39)19-12-8-11-16-30-14-9-7-10-15-30/h6-7,9-10,13-15,17-18,25,29,32H,1,8,11-12,16,19-24,26-28H2,2-5H3. The Hall–Kier alpha value is -2.63. The molecule has 1 aliphatic heterocycles. The number of methoxy groups -OCH3 is 2. The van der Waals surface area contributed by atoms with E-state index in [-0.39, 0.29) is 17.1 Å². The van der Waals surface area contributed by atoms with Gasteiger partial charge in [-0.25, -0.2) is 0 Å². The molecule has 1 heterocycles. The lowest BCUT2D eigenvalue weighted by Crippen LogP contribution is -2.68. The van der Waals surface area contributed by atoms with Gasteiger partial charge in [0, 0.05) is 44.6 Å². The van der Waals surface area contributed by atoms with Crippen LogP contribution in [0, 0.1) is 5.92 Å². The number of ether oxygens (including phenoxy) is 2. The highest BCUT2D eigenvalue weighted by atomic mass is 16.5. The van der Waals surface area contributed by atoms with Crippen LogP contribution in [0.1, 0.15) is 76.3 Å². The van der Waals surface area contributed by atoms with Crippen molar-refractivity contribution in [2.24, 2.45) is 5.92 Å². The first-order valence-corrected chi connectivity index (χ1v) is 15.7. The maximum absolute atomic E-state index is 13.9. The molecule has 0 aromatic heterocycles. The molecule has 224 valence electrons. The topological polar surface area (TPSA) is 42.0 Å². The smallest absolute Gasteiger partial charge is 0.222 e. The summed E-state index contributed by atoms with van der Waals surface area (Å²) < 4.78 is 12.2. The molecule has 2 aromatic rings. The Labute approximate surface area is 248 Å². The average molecular weight is 561 g/mol. The summed E-state index contributed by atoms with van der Waals surface area (Å²) >= 11 is 0. The molecule has 5 nitrogen and oxygen atoms in total. The molecule has 5 heteroatoms. The number of benzene rings is 2. The van der Waals surface area contributed by atoms with Gasteiger partial charge in [-0.05, 0) is 80.7 Å². The van der Waals surface area contributed by atoms with E-state index >= 15 is 0 Å². The van der Waals surface area contributed by atoms with Gasteiger partial charge in [0.05, 0.1) is 12.7 Å². The van der Waals surface area contributed by atoms with Crippen LogP contribution in [0.2, 0.25) is 0 Å². The first kappa shape index (κ1) is 31.3. The second-order valence-corrected chi connectivity index (χ2v) is 12.7. The SMILES string of the molecule is C=CCN1CCC2(c3cccc(OC)c3)CC(N(CC(C)C)C(=O)CCCCCc3ccccc3)CCC2(OC)C1. The van der Waals surface area contributed by atoms with Crippen molar-refractivity contribution >= 4 is 5.91 Å². The van der Waals surface area contributed by atoms with E-state index in [2.05, 4.69) is 78.8 Å². The first-order chi connectivity index (χ1) is 19.9. The minimum absolute atomic E-state index is 0.192. The summed E-state index contributed by atoms with van der Waals surface area (Å²) in [7, 11) is 3.62. The van der Waals surface area contributed by atoms with E-state index in [4.69, 9.17) is 9.47 Å². The molecular formula is C36H52N2O3. The van der Waals surface area contributed by atoms with Gasteiger partial charge in [-0.3, -0.25) is 9.69 Å². The van der Waals surface area contributed by atoms with Crippen LogP contribution in [0.25, 0.3) is 0 Å². The number of unbranched alkanes of at least 4 members (excludes halogenated alkanes) is 2. The van der Waals surface area contributed by atoms with Crippen molar-refractivity contribution in [3.63, 3.8) is 0 Å². The Balaban J connectivity index is 1.54. The molecule has 2 aliphatic rings. The fourth-order valence-corrected chi connectivity index (χ4v) is 7.51. The van der Waals surface area contributed by atoms with Crippen LogP contribution in [0.5, 0.6) is 5.75 Å². The fraction of sp³-hybridized carbons (Fsp3) is 0.583. The van der Waals surface area contributed by atoms with Gasteiger partial charge in [0.15, 0.2) is 0 Å². The first-order valence-electron chi connectivity index (χ1n) is 15.7.